The van der Waals surface area contributed by atoms with Gasteiger partial charge in [0.2, 0.25) is 0 Å². The summed E-state index contributed by atoms with van der Waals surface area (Å²) in [7, 11) is 0. The molecule has 23 heavy (non-hydrogen) atoms. The van der Waals surface area contributed by atoms with Crippen molar-refractivity contribution in [3.8, 4) is 10.6 Å². The second-order valence-electron chi connectivity index (χ2n) is 5.81. The van der Waals surface area contributed by atoms with Crippen molar-refractivity contribution >= 4 is 33.3 Å². The van der Waals surface area contributed by atoms with E-state index in [1.54, 1.807) is 11.3 Å². The maximum Gasteiger partial charge on any atom is 0.319 e. The molecule has 2 amide bonds. The fourth-order valence-electron chi connectivity index (χ4n) is 2.49. The molecule has 0 saturated heterocycles. The molecule has 2 aromatic carbocycles. The number of nitrogens with zero attached hydrogens (tertiary/aromatic N) is 1. The Bertz CT molecular complexity index is 821. The molecule has 1 heterocycles. The Morgan fingerprint density at radius 3 is 2.74 bits per heavy atom. The molecule has 0 unspecified atom stereocenters. The largest absolute Gasteiger partial charge is 0.338 e. The highest BCUT2D eigenvalue weighted by molar-refractivity contribution is 7.21. The molecule has 5 heteroatoms. The number of amides is 2. The van der Waals surface area contributed by atoms with Crippen LogP contribution < -0.4 is 10.6 Å². The van der Waals surface area contributed by atoms with Crippen LogP contribution in [-0.2, 0) is 0 Å². The van der Waals surface area contributed by atoms with E-state index in [1.165, 1.54) is 12.8 Å². The Morgan fingerprint density at radius 1 is 1.13 bits per heavy atom. The number of anilines is 1. The van der Waals surface area contributed by atoms with Gasteiger partial charge in [-0.1, -0.05) is 24.3 Å². The molecule has 1 fully saturated rings. The van der Waals surface area contributed by atoms with Gasteiger partial charge in [0.1, 0.15) is 5.01 Å². The van der Waals surface area contributed by atoms with Crippen LogP contribution in [0.15, 0.2) is 48.5 Å². The second kappa shape index (κ2) is 6.01. The van der Waals surface area contributed by atoms with E-state index < -0.39 is 0 Å². The summed E-state index contributed by atoms with van der Waals surface area (Å²) in [5.74, 6) is 0.667. The zero-order valence-corrected chi connectivity index (χ0v) is 13.4. The number of hydrogen-bond acceptors (Lipinski definition) is 3. The van der Waals surface area contributed by atoms with Gasteiger partial charge in [0, 0.05) is 12.1 Å². The Morgan fingerprint density at radius 2 is 1.91 bits per heavy atom. The molecule has 1 aromatic heterocycles. The van der Waals surface area contributed by atoms with Gasteiger partial charge in [-0.05, 0) is 43.0 Å². The zero-order chi connectivity index (χ0) is 15.6. The molecule has 116 valence electrons. The van der Waals surface area contributed by atoms with Crippen LogP contribution in [0.1, 0.15) is 12.8 Å². The van der Waals surface area contributed by atoms with Gasteiger partial charge in [0.05, 0.1) is 15.9 Å². The van der Waals surface area contributed by atoms with E-state index in [9.17, 15) is 4.79 Å². The molecular weight excluding hydrogens is 306 g/mol. The Kier molecular flexibility index (Phi) is 3.71. The lowest BCUT2D eigenvalue weighted by Crippen LogP contribution is -2.30. The molecule has 0 spiro atoms. The van der Waals surface area contributed by atoms with Crippen molar-refractivity contribution in [2.24, 2.45) is 5.92 Å². The molecule has 4 nitrogen and oxygen atoms in total. The minimum atomic E-state index is -0.148. The first-order chi connectivity index (χ1) is 11.3. The van der Waals surface area contributed by atoms with Crippen LogP contribution in [0.3, 0.4) is 0 Å². The summed E-state index contributed by atoms with van der Waals surface area (Å²) in [4.78, 5) is 16.7. The van der Waals surface area contributed by atoms with Crippen molar-refractivity contribution in [2.45, 2.75) is 12.8 Å². The predicted octanol–water partition coefficient (Wildman–Crippen LogP) is 4.49. The number of hydrogen-bond donors (Lipinski definition) is 2. The van der Waals surface area contributed by atoms with Crippen molar-refractivity contribution in [1.29, 1.82) is 0 Å². The van der Waals surface area contributed by atoms with Crippen molar-refractivity contribution in [3.05, 3.63) is 48.5 Å². The quantitative estimate of drug-likeness (QED) is 0.743. The van der Waals surface area contributed by atoms with E-state index >= 15 is 0 Å². The first-order valence-electron chi connectivity index (χ1n) is 7.79. The third-order valence-electron chi connectivity index (χ3n) is 3.95. The third kappa shape index (κ3) is 3.19. The van der Waals surface area contributed by atoms with Gasteiger partial charge in [-0.25, -0.2) is 9.78 Å². The number of benzene rings is 2. The highest BCUT2D eigenvalue weighted by atomic mass is 32.1. The number of fused-ring (bicyclic) bond motifs is 1. The number of carbonyl (C=O) groups is 1. The molecule has 1 aliphatic carbocycles. The van der Waals surface area contributed by atoms with Gasteiger partial charge in [0.15, 0.2) is 0 Å². The van der Waals surface area contributed by atoms with Crippen molar-refractivity contribution in [2.75, 3.05) is 11.9 Å². The van der Waals surface area contributed by atoms with E-state index in [4.69, 9.17) is 0 Å². The minimum absolute atomic E-state index is 0.148. The van der Waals surface area contributed by atoms with Crippen LogP contribution in [0, 0.1) is 5.92 Å². The summed E-state index contributed by atoms with van der Waals surface area (Å²) in [6, 6.07) is 15.7. The molecule has 2 N–H and O–H groups in total. The second-order valence-corrected chi connectivity index (χ2v) is 6.84. The number of urea groups is 1. The van der Waals surface area contributed by atoms with Gasteiger partial charge in [0.25, 0.3) is 0 Å². The van der Waals surface area contributed by atoms with E-state index in [0.717, 1.165) is 33.0 Å². The maximum atomic E-state index is 12.1. The van der Waals surface area contributed by atoms with E-state index in [2.05, 4.69) is 21.7 Å². The van der Waals surface area contributed by atoms with Crippen LogP contribution in [-0.4, -0.2) is 17.6 Å². The fourth-order valence-corrected chi connectivity index (χ4v) is 3.50. The number of aromatic nitrogens is 1. The van der Waals surface area contributed by atoms with Crippen LogP contribution in [0.25, 0.3) is 20.8 Å². The Balaban J connectivity index is 1.59. The minimum Gasteiger partial charge on any atom is -0.338 e. The van der Waals surface area contributed by atoms with Gasteiger partial charge in [-0.3, -0.25) is 0 Å². The molecule has 0 aliphatic heterocycles. The lowest BCUT2D eigenvalue weighted by Gasteiger charge is -2.10. The van der Waals surface area contributed by atoms with Gasteiger partial charge < -0.3 is 10.6 Å². The molecule has 1 saturated carbocycles. The lowest BCUT2D eigenvalue weighted by molar-refractivity contribution is 0.251. The summed E-state index contributed by atoms with van der Waals surface area (Å²) in [5, 5.41) is 6.81. The predicted molar refractivity (Wildman–Crippen MR) is 94.8 cm³/mol. The molecule has 1 aliphatic rings. The SMILES string of the molecule is O=C(NCC1CC1)Nc1ccccc1-c1nc2ccccc2s1. The van der Waals surface area contributed by atoms with Crippen molar-refractivity contribution < 1.29 is 4.79 Å². The summed E-state index contributed by atoms with van der Waals surface area (Å²) >= 11 is 1.64. The maximum absolute atomic E-state index is 12.1. The molecule has 4 rings (SSSR count). The number of rotatable bonds is 4. The first-order valence-corrected chi connectivity index (χ1v) is 8.61. The Labute approximate surface area is 138 Å². The summed E-state index contributed by atoms with van der Waals surface area (Å²) < 4.78 is 1.15. The average molecular weight is 323 g/mol. The van der Waals surface area contributed by atoms with Crippen molar-refractivity contribution in [3.63, 3.8) is 0 Å². The molecule has 3 aromatic rings. The normalized spacial score (nSPS) is 13.9. The monoisotopic (exact) mass is 323 g/mol. The van der Waals surface area contributed by atoms with Gasteiger partial charge >= 0.3 is 6.03 Å². The van der Waals surface area contributed by atoms with Crippen LogP contribution in [0.5, 0.6) is 0 Å². The highest BCUT2D eigenvalue weighted by Crippen LogP contribution is 2.34. The van der Waals surface area contributed by atoms with E-state index in [-0.39, 0.29) is 6.03 Å². The topological polar surface area (TPSA) is 54.0 Å². The number of nitrogens with one attached hydrogen (secondary N) is 2. The molecule has 0 radical (unpaired) electrons. The van der Waals surface area contributed by atoms with Gasteiger partial charge in [-0.2, -0.15) is 0 Å². The lowest BCUT2D eigenvalue weighted by atomic mass is 10.2. The average Bonchev–Trinajstić information content (AvgIpc) is 3.30. The highest BCUT2D eigenvalue weighted by Gasteiger charge is 2.21. The summed E-state index contributed by atoms with van der Waals surface area (Å²) in [5.41, 5.74) is 2.73. The number of thiazole rings is 1. The smallest absolute Gasteiger partial charge is 0.319 e. The zero-order valence-electron chi connectivity index (χ0n) is 12.6. The summed E-state index contributed by atoms with van der Waals surface area (Å²) in [6.45, 7) is 0.759. The standard InChI is InChI=1S/C18H17N3OS/c22-18(19-11-12-9-10-12)21-14-6-2-1-5-13(14)17-20-15-7-3-4-8-16(15)23-17/h1-8,12H,9-11H2,(H2,19,21,22). The molecular formula is C18H17N3OS. The Hall–Kier alpha value is -2.40. The fraction of sp³-hybridized carbons (Fsp3) is 0.222. The molecule has 0 bridgehead atoms. The molecule has 0 atom stereocenters. The summed E-state index contributed by atoms with van der Waals surface area (Å²) in [6.07, 6.45) is 2.45. The van der Waals surface area contributed by atoms with Crippen LogP contribution in [0.2, 0.25) is 0 Å². The van der Waals surface area contributed by atoms with Crippen LogP contribution in [0.4, 0.5) is 10.5 Å². The third-order valence-corrected chi connectivity index (χ3v) is 5.02. The van der Waals surface area contributed by atoms with Crippen LogP contribution >= 0.6 is 11.3 Å². The first kappa shape index (κ1) is 14.2. The number of carbonyl (C=O) groups excluding carboxylic acids is 1. The van der Waals surface area contributed by atoms with E-state index in [0.29, 0.717) is 5.92 Å². The van der Waals surface area contributed by atoms with E-state index in [1.807, 2.05) is 42.5 Å². The van der Waals surface area contributed by atoms with Gasteiger partial charge in [-0.15, -0.1) is 11.3 Å². The number of para-hydroxylation sites is 2. The van der Waals surface area contributed by atoms with Crippen molar-refractivity contribution in [1.82, 2.24) is 10.3 Å².